The number of rotatable bonds is 4. The summed E-state index contributed by atoms with van der Waals surface area (Å²) < 4.78 is 13.1. The first-order chi connectivity index (χ1) is 14.5. The summed E-state index contributed by atoms with van der Waals surface area (Å²) in [4.78, 5) is 16.9. The topological polar surface area (TPSA) is 23.6 Å². The van der Waals surface area contributed by atoms with Crippen LogP contribution in [-0.2, 0) is 6.54 Å². The first kappa shape index (κ1) is 20.6. The molecule has 1 fully saturated rings. The zero-order valence-electron chi connectivity index (χ0n) is 16.9. The van der Waals surface area contributed by atoms with Gasteiger partial charge in [-0.15, -0.1) is 0 Å². The molecule has 154 valence electrons. The minimum Gasteiger partial charge on any atom is -0.336 e. The molecule has 0 saturated carbocycles. The van der Waals surface area contributed by atoms with Gasteiger partial charge in [-0.05, 0) is 59.5 Å². The summed E-state index contributed by atoms with van der Waals surface area (Å²) in [6, 6.07) is 20.3. The average Bonchev–Trinajstić information content (AvgIpc) is 2.77. The summed E-state index contributed by atoms with van der Waals surface area (Å²) >= 11 is 6.34. The predicted octanol–water partition coefficient (Wildman–Crippen LogP) is 5.41. The third kappa shape index (κ3) is 4.55. The van der Waals surface area contributed by atoms with E-state index in [0.29, 0.717) is 18.7 Å². The van der Waals surface area contributed by atoms with Crippen molar-refractivity contribution in [1.82, 2.24) is 9.80 Å². The van der Waals surface area contributed by atoms with E-state index in [9.17, 15) is 9.18 Å². The molecular weight excluding hydrogens is 399 g/mol. The van der Waals surface area contributed by atoms with Gasteiger partial charge in [0.15, 0.2) is 0 Å². The lowest BCUT2D eigenvalue weighted by atomic mass is 9.98. The molecule has 0 bridgehead atoms. The summed E-state index contributed by atoms with van der Waals surface area (Å²) in [6.07, 6.45) is 0. The van der Waals surface area contributed by atoms with Gasteiger partial charge in [0.25, 0.3) is 5.91 Å². The number of carbonyl (C=O) groups is 1. The lowest BCUT2D eigenvalue weighted by Gasteiger charge is -2.35. The van der Waals surface area contributed by atoms with Crippen molar-refractivity contribution in [2.75, 3.05) is 26.2 Å². The molecule has 3 aromatic rings. The number of amides is 1. The van der Waals surface area contributed by atoms with Gasteiger partial charge in [0.05, 0.1) is 0 Å². The molecular formula is C25H24ClFN2O. The SMILES string of the molecule is Cc1ccc(-c2ccccc2CN2CCN(C(=O)c3ccc(F)cc3)CC2)cc1Cl. The predicted molar refractivity (Wildman–Crippen MR) is 119 cm³/mol. The highest BCUT2D eigenvalue weighted by atomic mass is 35.5. The zero-order valence-corrected chi connectivity index (χ0v) is 17.7. The fourth-order valence-corrected chi connectivity index (χ4v) is 4.01. The van der Waals surface area contributed by atoms with Crippen molar-refractivity contribution in [3.05, 3.63) is 94.3 Å². The fourth-order valence-electron chi connectivity index (χ4n) is 3.83. The summed E-state index contributed by atoms with van der Waals surface area (Å²) in [6.45, 7) is 5.75. The number of hydrogen-bond donors (Lipinski definition) is 0. The van der Waals surface area contributed by atoms with Crippen molar-refractivity contribution in [1.29, 1.82) is 0 Å². The molecule has 0 radical (unpaired) electrons. The number of carbonyl (C=O) groups excluding carboxylic acids is 1. The molecule has 1 aliphatic rings. The maximum absolute atomic E-state index is 13.1. The Morgan fingerprint density at radius 1 is 0.967 bits per heavy atom. The molecule has 5 heteroatoms. The standard InChI is InChI=1S/C25H24ClFN2O/c1-18-6-7-20(16-24(18)26)23-5-3-2-4-21(23)17-28-12-14-29(15-13-28)25(30)19-8-10-22(27)11-9-19/h2-11,16H,12-15,17H2,1H3. The maximum Gasteiger partial charge on any atom is 0.253 e. The van der Waals surface area contributed by atoms with Gasteiger partial charge < -0.3 is 4.90 Å². The largest absolute Gasteiger partial charge is 0.336 e. The first-order valence-corrected chi connectivity index (χ1v) is 10.5. The third-order valence-electron chi connectivity index (χ3n) is 5.64. The van der Waals surface area contributed by atoms with Crippen LogP contribution in [0.4, 0.5) is 4.39 Å². The molecule has 4 rings (SSSR count). The van der Waals surface area contributed by atoms with Gasteiger partial charge in [-0.1, -0.05) is 48.0 Å². The lowest BCUT2D eigenvalue weighted by molar-refractivity contribution is 0.0628. The van der Waals surface area contributed by atoms with Gasteiger partial charge in [-0.3, -0.25) is 9.69 Å². The van der Waals surface area contributed by atoms with Crippen LogP contribution in [0.2, 0.25) is 5.02 Å². The van der Waals surface area contributed by atoms with Crippen LogP contribution in [0.1, 0.15) is 21.5 Å². The van der Waals surface area contributed by atoms with Gasteiger partial charge in [-0.25, -0.2) is 4.39 Å². The van der Waals surface area contributed by atoms with Crippen LogP contribution in [0.3, 0.4) is 0 Å². The van der Waals surface area contributed by atoms with Crippen LogP contribution in [0.15, 0.2) is 66.7 Å². The molecule has 0 unspecified atom stereocenters. The Labute approximate surface area is 181 Å². The minimum atomic E-state index is -0.329. The first-order valence-electron chi connectivity index (χ1n) is 10.1. The minimum absolute atomic E-state index is 0.0376. The molecule has 1 aliphatic heterocycles. The van der Waals surface area contributed by atoms with Crippen molar-refractivity contribution < 1.29 is 9.18 Å². The maximum atomic E-state index is 13.1. The molecule has 1 saturated heterocycles. The molecule has 30 heavy (non-hydrogen) atoms. The third-order valence-corrected chi connectivity index (χ3v) is 6.05. The van der Waals surface area contributed by atoms with Crippen LogP contribution in [0, 0.1) is 12.7 Å². The average molecular weight is 423 g/mol. The summed E-state index contributed by atoms with van der Waals surface area (Å²) in [5, 5.41) is 0.773. The van der Waals surface area contributed by atoms with Crippen LogP contribution in [-0.4, -0.2) is 41.9 Å². The molecule has 1 amide bonds. The molecule has 3 nitrogen and oxygen atoms in total. The normalized spacial score (nSPS) is 14.7. The van der Waals surface area contributed by atoms with Crippen LogP contribution >= 0.6 is 11.6 Å². The second-order valence-electron chi connectivity index (χ2n) is 7.70. The summed E-state index contributed by atoms with van der Waals surface area (Å²) in [7, 11) is 0. The van der Waals surface area contributed by atoms with Crippen LogP contribution < -0.4 is 0 Å². The number of aryl methyl sites for hydroxylation is 1. The number of piperazine rings is 1. The smallest absolute Gasteiger partial charge is 0.253 e. The molecule has 1 heterocycles. The van der Waals surface area contributed by atoms with Gasteiger partial charge >= 0.3 is 0 Å². The summed E-state index contributed by atoms with van der Waals surface area (Å²) in [5.74, 6) is -0.366. The molecule has 0 N–H and O–H groups in total. The summed E-state index contributed by atoms with van der Waals surface area (Å²) in [5.41, 5.74) is 5.15. The van der Waals surface area contributed by atoms with Crippen molar-refractivity contribution in [3.63, 3.8) is 0 Å². The van der Waals surface area contributed by atoms with Crippen LogP contribution in [0.5, 0.6) is 0 Å². The second-order valence-corrected chi connectivity index (χ2v) is 8.10. The number of halogens is 2. The molecule has 0 spiro atoms. The van der Waals surface area contributed by atoms with Crippen molar-refractivity contribution in [3.8, 4) is 11.1 Å². The van der Waals surface area contributed by atoms with E-state index in [1.165, 1.54) is 23.3 Å². The Morgan fingerprint density at radius 2 is 1.67 bits per heavy atom. The van der Waals surface area contributed by atoms with Gasteiger partial charge in [0, 0.05) is 43.3 Å². The second kappa shape index (κ2) is 8.99. The lowest BCUT2D eigenvalue weighted by Crippen LogP contribution is -2.48. The Bertz CT molecular complexity index is 1040. The number of hydrogen-bond acceptors (Lipinski definition) is 2. The van der Waals surface area contributed by atoms with Crippen LogP contribution in [0.25, 0.3) is 11.1 Å². The highest BCUT2D eigenvalue weighted by molar-refractivity contribution is 6.31. The number of nitrogens with zero attached hydrogens (tertiary/aromatic N) is 2. The Kier molecular flexibility index (Phi) is 6.16. The van der Waals surface area contributed by atoms with E-state index in [2.05, 4.69) is 29.2 Å². The van der Waals surface area contributed by atoms with Crippen molar-refractivity contribution in [2.45, 2.75) is 13.5 Å². The van der Waals surface area contributed by atoms with Crippen molar-refractivity contribution in [2.24, 2.45) is 0 Å². The van der Waals surface area contributed by atoms with Crippen molar-refractivity contribution >= 4 is 17.5 Å². The van der Waals surface area contributed by atoms with E-state index in [1.807, 2.05) is 30.0 Å². The Hall–Kier alpha value is -2.69. The van der Waals surface area contributed by atoms with Gasteiger partial charge in [0.2, 0.25) is 0 Å². The van der Waals surface area contributed by atoms with E-state index in [0.717, 1.165) is 35.8 Å². The highest BCUT2D eigenvalue weighted by Crippen LogP contribution is 2.29. The zero-order chi connectivity index (χ0) is 21.1. The fraction of sp³-hybridized carbons (Fsp3) is 0.240. The highest BCUT2D eigenvalue weighted by Gasteiger charge is 2.22. The molecule has 0 aromatic heterocycles. The van der Waals surface area contributed by atoms with E-state index < -0.39 is 0 Å². The molecule has 0 aliphatic carbocycles. The van der Waals surface area contributed by atoms with E-state index in [-0.39, 0.29) is 11.7 Å². The van der Waals surface area contributed by atoms with E-state index >= 15 is 0 Å². The quantitative estimate of drug-likeness (QED) is 0.561. The molecule has 0 atom stereocenters. The Morgan fingerprint density at radius 3 is 2.37 bits per heavy atom. The number of benzene rings is 3. The monoisotopic (exact) mass is 422 g/mol. The molecule has 3 aromatic carbocycles. The van der Waals surface area contributed by atoms with E-state index in [1.54, 1.807) is 12.1 Å². The van der Waals surface area contributed by atoms with Gasteiger partial charge in [-0.2, -0.15) is 0 Å². The van der Waals surface area contributed by atoms with E-state index in [4.69, 9.17) is 11.6 Å². The Balaban J connectivity index is 1.43. The van der Waals surface area contributed by atoms with Gasteiger partial charge in [0.1, 0.15) is 5.82 Å².